The average Bonchev–Trinajstić information content (AvgIpc) is 2.61. The summed E-state index contributed by atoms with van der Waals surface area (Å²) in [6, 6.07) is 11.2. The summed E-state index contributed by atoms with van der Waals surface area (Å²) in [5.41, 5.74) is 6.58. The van der Waals surface area contributed by atoms with Gasteiger partial charge >= 0.3 is 0 Å². The van der Waals surface area contributed by atoms with Crippen LogP contribution in [0.1, 0.15) is 5.56 Å². The lowest BCUT2D eigenvalue weighted by molar-refractivity contribution is -0.119. The molecule has 0 spiro atoms. The molecule has 0 aromatic heterocycles. The first-order valence-corrected chi connectivity index (χ1v) is 8.43. The quantitative estimate of drug-likeness (QED) is 0.857. The predicted octanol–water partition coefficient (Wildman–Crippen LogP) is 2.15. The first kappa shape index (κ1) is 18.1. The van der Waals surface area contributed by atoms with Crippen molar-refractivity contribution < 1.29 is 18.3 Å². The Balaban J connectivity index is 1.55. The highest BCUT2D eigenvalue weighted by molar-refractivity contribution is 5.75. The van der Waals surface area contributed by atoms with Crippen molar-refractivity contribution >= 4 is 11.6 Å². The minimum absolute atomic E-state index is 0.147. The molecule has 26 heavy (non-hydrogen) atoms. The van der Waals surface area contributed by atoms with E-state index in [9.17, 15) is 13.6 Å². The molecule has 1 fully saturated rings. The molecule has 0 atom stereocenters. The Morgan fingerprint density at radius 2 is 1.85 bits per heavy atom. The number of piperazine rings is 1. The van der Waals surface area contributed by atoms with Gasteiger partial charge in [-0.3, -0.25) is 9.69 Å². The third-order valence-electron chi connectivity index (χ3n) is 4.31. The fourth-order valence-electron chi connectivity index (χ4n) is 3.03. The van der Waals surface area contributed by atoms with Crippen molar-refractivity contribution in [3.63, 3.8) is 0 Å². The second-order valence-corrected chi connectivity index (χ2v) is 6.26. The van der Waals surface area contributed by atoms with Gasteiger partial charge in [-0.1, -0.05) is 12.1 Å². The first-order chi connectivity index (χ1) is 12.5. The number of hydrogen-bond donors (Lipinski definition) is 1. The normalized spacial score (nSPS) is 15.1. The van der Waals surface area contributed by atoms with Gasteiger partial charge in [-0.2, -0.15) is 0 Å². The van der Waals surface area contributed by atoms with Crippen LogP contribution in [0.3, 0.4) is 0 Å². The van der Waals surface area contributed by atoms with Crippen LogP contribution in [0.15, 0.2) is 42.5 Å². The number of ether oxygens (including phenoxy) is 1. The number of hydrogen-bond acceptors (Lipinski definition) is 4. The maximum Gasteiger partial charge on any atom is 0.255 e. The molecule has 0 radical (unpaired) electrons. The van der Waals surface area contributed by atoms with Crippen LogP contribution in [0.2, 0.25) is 0 Å². The van der Waals surface area contributed by atoms with E-state index in [-0.39, 0.29) is 6.61 Å². The lowest BCUT2D eigenvalue weighted by Gasteiger charge is -2.36. The van der Waals surface area contributed by atoms with E-state index in [2.05, 4.69) is 4.90 Å². The van der Waals surface area contributed by atoms with Crippen LogP contribution in [-0.2, 0) is 11.3 Å². The number of anilines is 1. The topological polar surface area (TPSA) is 58.8 Å². The average molecular weight is 361 g/mol. The van der Waals surface area contributed by atoms with Crippen LogP contribution in [-0.4, -0.2) is 43.6 Å². The molecule has 0 saturated carbocycles. The molecule has 0 unspecified atom stereocenters. The van der Waals surface area contributed by atoms with Gasteiger partial charge in [-0.05, 0) is 29.8 Å². The van der Waals surface area contributed by atoms with Crippen LogP contribution in [0.25, 0.3) is 0 Å². The SMILES string of the molecule is NC(=O)COc1cccc(CN2CCN(c3ccc(F)cc3F)CC2)c1. The number of rotatable bonds is 6. The smallest absolute Gasteiger partial charge is 0.255 e. The van der Waals surface area contributed by atoms with Crippen molar-refractivity contribution in [2.45, 2.75) is 6.54 Å². The second kappa shape index (κ2) is 8.14. The molecule has 1 amide bonds. The van der Waals surface area contributed by atoms with Gasteiger partial charge in [-0.25, -0.2) is 8.78 Å². The molecule has 2 aromatic rings. The molecule has 2 N–H and O–H groups in total. The summed E-state index contributed by atoms with van der Waals surface area (Å²) in [7, 11) is 0. The zero-order valence-electron chi connectivity index (χ0n) is 14.3. The van der Waals surface area contributed by atoms with Gasteiger partial charge in [0.25, 0.3) is 5.91 Å². The summed E-state index contributed by atoms with van der Waals surface area (Å²) >= 11 is 0. The molecule has 7 heteroatoms. The maximum absolute atomic E-state index is 13.9. The van der Waals surface area contributed by atoms with Crippen molar-refractivity contribution in [2.75, 3.05) is 37.7 Å². The fraction of sp³-hybridized carbons (Fsp3) is 0.316. The van der Waals surface area contributed by atoms with Gasteiger partial charge in [0.1, 0.15) is 17.4 Å². The molecule has 1 heterocycles. The molecule has 5 nitrogen and oxygen atoms in total. The Kier molecular flexibility index (Phi) is 5.68. The summed E-state index contributed by atoms with van der Waals surface area (Å²) in [5, 5.41) is 0. The summed E-state index contributed by atoms with van der Waals surface area (Å²) in [6.07, 6.45) is 0. The number of carbonyl (C=O) groups is 1. The van der Waals surface area contributed by atoms with Crippen LogP contribution in [0, 0.1) is 11.6 Å². The van der Waals surface area contributed by atoms with Crippen LogP contribution in [0.5, 0.6) is 5.75 Å². The highest BCUT2D eigenvalue weighted by Gasteiger charge is 2.20. The zero-order valence-corrected chi connectivity index (χ0v) is 14.3. The molecular formula is C19H21F2N3O2. The number of halogens is 2. The van der Waals surface area contributed by atoms with E-state index in [1.165, 1.54) is 12.1 Å². The Morgan fingerprint density at radius 3 is 2.54 bits per heavy atom. The first-order valence-electron chi connectivity index (χ1n) is 8.43. The van der Waals surface area contributed by atoms with Crippen LogP contribution >= 0.6 is 0 Å². The van der Waals surface area contributed by atoms with E-state index in [4.69, 9.17) is 10.5 Å². The van der Waals surface area contributed by atoms with Crippen LogP contribution < -0.4 is 15.4 Å². The van der Waals surface area contributed by atoms with Crippen molar-refractivity contribution in [1.82, 2.24) is 4.90 Å². The Hall–Kier alpha value is -2.67. The largest absolute Gasteiger partial charge is 0.484 e. The van der Waals surface area contributed by atoms with Crippen molar-refractivity contribution in [2.24, 2.45) is 5.73 Å². The lowest BCUT2D eigenvalue weighted by atomic mass is 10.1. The number of carbonyl (C=O) groups excluding carboxylic acids is 1. The minimum Gasteiger partial charge on any atom is -0.484 e. The van der Waals surface area contributed by atoms with E-state index in [1.807, 2.05) is 23.1 Å². The van der Waals surface area contributed by atoms with Gasteiger partial charge in [0, 0.05) is 38.8 Å². The second-order valence-electron chi connectivity index (χ2n) is 6.26. The molecule has 138 valence electrons. The van der Waals surface area contributed by atoms with Gasteiger partial charge in [0.2, 0.25) is 0 Å². The van der Waals surface area contributed by atoms with Crippen molar-refractivity contribution in [3.8, 4) is 5.75 Å². The van der Waals surface area contributed by atoms with E-state index >= 15 is 0 Å². The Morgan fingerprint density at radius 1 is 1.08 bits per heavy atom. The van der Waals surface area contributed by atoms with E-state index in [1.54, 1.807) is 6.07 Å². The number of benzene rings is 2. The molecule has 1 aliphatic heterocycles. The Labute approximate surface area is 151 Å². The summed E-state index contributed by atoms with van der Waals surface area (Å²) in [5.74, 6) is -1.01. The Bertz CT molecular complexity index is 777. The van der Waals surface area contributed by atoms with Gasteiger partial charge in [0.05, 0.1) is 5.69 Å². The number of primary amides is 1. The highest BCUT2D eigenvalue weighted by atomic mass is 19.1. The van der Waals surface area contributed by atoms with Gasteiger partial charge in [0.15, 0.2) is 6.61 Å². The van der Waals surface area contributed by atoms with E-state index in [0.717, 1.165) is 31.3 Å². The van der Waals surface area contributed by atoms with Crippen molar-refractivity contribution in [1.29, 1.82) is 0 Å². The molecule has 0 bridgehead atoms. The summed E-state index contributed by atoms with van der Waals surface area (Å²) < 4.78 is 32.3. The number of nitrogens with two attached hydrogens (primary N) is 1. The van der Waals surface area contributed by atoms with Gasteiger partial charge < -0.3 is 15.4 Å². The van der Waals surface area contributed by atoms with Crippen molar-refractivity contribution in [3.05, 3.63) is 59.7 Å². The molecule has 2 aromatic carbocycles. The lowest BCUT2D eigenvalue weighted by Crippen LogP contribution is -2.46. The minimum atomic E-state index is -0.566. The third kappa shape index (κ3) is 4.70. The monoisotopic (exact) mass is 361 g/mol. The molecule has 1 saturated heterocycles. The van der Waals surface area contributed by atoms with Gasteiger partial charge in [-0.15, -0.1) is 0 Å². The molecule has 3 rings (SSSR count). The fourth-order valence-corrected chi connectivity index (χ4v) is 3.03. The standard InChI is InChI=1S/C19H21F2N3O2/c20-15-4-5-18(17(21)11-15)24-8-6-23(7-9-24)12-14-2-1-3-16(10-14)26-13-19(22)25/h1-5,10-11H,6-9,12-13H2,(H2,22,25). The predicted molar refractivity (Wildman–Crippen MR) is 95.0 cm³/mol. The number of nitrogens with zero attached hydrogens (tertiary/aromatic N) is 2. The van der Waals surface area contributed by atoms with E-state index in [0.29, 0.717) is 24.5 Å². The summed E-state index contributed by atoms with van der Waals surface area (Å²) in [6.45, 7) is 3.45. The molecule has 0 aliphatic carbocycles. The number of amides is 1. The van der Waals surface area contributed by atoms with Crippen LogP contribution in [0.4, 0.5) is 14.5 Å². The van der Waals surface area contributed by atoms with E-state index < -0.39 is 17.5 Å². The highest BCUT2D eigenvalue weighted by Crippen LogP contribution is 2.22. The molecule has 1 aliphatic rings. The maximum atomic E-state index is 13.9. The molecular weight excluding hydrogens is 340 g/mol. The summed E-state index contributed by atoms with van der Waals surface area (Å²) in [4.78, 5) is 15.0. The third-order valence-corrected chi connectivity index (χ3v) is 4.31. The zero-order chi connectivity index (χ0) is 18.5.